The summed E-state index contributed by atoms with van der Waals surface area (Å²) in [5.74, 6) is 0. The number of likely N-dealkylation sites (tertiary alicyclic amines) is 1. The molecule has 4 nitrogen and oxygen atoms in total. The molecule has 2 atom stereocenters. The molecule has 0 aromatic heterocycles. The van der Waals surface area contributed by atoms with Crippen LogP contribution in [0, 0.1) is 0 Å². The van der Waals surface area contributed by atoms with Crippen molar-refractivity contribution in [2.45, 2.75) is 25.4 Å². The fourth-order valence-corrected chi connectivity index (χ4v) is 3.59. The van der Waals surface area contributed by atoms with E-state index < -0.39 is 0 Å². The number of fused-ring (bicyclic) bond motifs is 1. The summed E-state index contributed by atoms with van der Waals surface area (Å²) in [5.41, 5.74) is 3.27. The molecule has 1 saturated heterocycles. The van der Waals surface area contributed by atoms with Gasteiger partial charge in [0.1, 0.15) is 0 Å². The average molecular weight is 295 g/mol. The Bertz CT molecular complexity index is 497. The molecule has 0 saturated carbocycles. The van der Waals surface area contributed by atoms with E-state index >= 15 is 0 Å². The quantitative estimate of drug-likeness (QED) is 0.865. The van der Waals surface area contributed by atoms with E-state index in [0.29, 0.717) is 12.1 Å². The van der Waals surface area contributed by atoms with Crippen molar-refractivity contribution in [1.29, 1.82) is 0 Å². The molecule has 2 unspecified atom stereocenters. The van der Waals surface area contributed by atoms with Crippen molar-refractivity contribution in [3.8, 4) is 0 Å². The van der Waals surface area contributed by atoms with Gasteiger partial charge >= 0.3 is 107 Å². The third kappa shape index (κ3) is 2.10. The SMILES string of the molecule is CC1CC(Nc2cccc3c2N=[Se]=N3)CN1C. The van der Waals surface area contributed by atoms with Gasteiger partial charge in [-0.2, -0.15) is 0 Å². The minimum atomic E-state index is 0.0554. The van der Waals surface area contributed by atoms with Crippen molar-refractivity contribution < 1.29 is 0 Å². The number of rotatable bonds is 2. The molecule has 1 fully saturated rings. The van der Waals surface area contributed by atoms with E-state index in [1.165, 1.54) is 6.42 Å². The van der Waals surface area contributed by atoms with E-state index in [1.807, 2.05) is 6.07 Å². The van der Waals surface area contributed by atoms with Crippen molar-refractivity contribution in [2.75, 3.05) is 18.9 Å². The van der Waals surface area contributed by atoms with Gasteiger partial charge in [0.2, 0.25) is 0 Å². The van der Waals surface area contributed by atoms with Gasteiger partial charge in [-0.25, -0.2) is 0 Å². The van der Waals surface area contributed by atoms with Gasteiger partial charge in [-0.05, 0) is 0 Å². The first-order valence-corrected chi connectivity index (χ1v) is 7.45. The number of nitrogens with one attached hydrogen (secondary N) is 1. The van der Waals surface area contributed by atoms with E-state index in [9.17, 15) is 0 Å². The van der Waals surface area contributed by atoms with Gasteiger partial charge in [0.15, 0.2) is 0 Å². The molecule has 0 amide bonds. The second-order valence-electron chi connectivity index (χ2n) is 4.80. The fourth-order valence-electron chi connectivity index (χ4n) is 2.44. The van der Waals surface area contributed by atoms with Crippen LogP contribution in [0.5, 0.6) is 0 Å². The molecule has 90 valence electrons. The molecule has 2 heterocycles. The van der Waals surface area contributed by atoms with Crippen LogP contribution in [0.2, 0.25) is 0 Å². The molecular weight excluding hydrogens is 279 g/mol. The maximum atomic E-state index is 4.50. The van der Waals surface area contributed by atoms with Gasteiger partial charge in [0.05, 0.1) is 0 Å². The summed E-state index contributed by atoms with van der Waals surface area (Å²) >= 11 is 0.0554. The summed E-state index contributed by atoms with van der Waals surface area (Å²) in [5, 5.41) is 3.62. The third-order valence-electron chi connectivity index (χ3n) is 3.53. The van der Waals surface area contributed by atoms with Gasteiger partial charge < -0.3 is 0 Å². The molecule has 0 radical (unpaired) electrons. The van der Waals surface area contributed by atoms with Gasteiger partial charge in [-0.15, -0.1) is 0 Å². The first-order chi connectivity index (χ1) is 8.24. The van der Waals surface area contributed by atoms with Crippen molar-refractivity contribution in [3.63, 3.8) is 0 Å². The van der Waals surface area contributed by atoms with Crippen LogP contribution < -0.4 is 5.32 Å². The van der Waals surface area contributed by atoms with E-state index in [1.54, 1.807) is 0 Å². The first-order valence-electron chi connectivity index (χ1n) is 5.92. The van der Waals surface area contributed by atoms with Crippen LogP contribution in [0.4, 0.5) is 17.1 Å². The minimum absolute atomic E-state index is 0.0554. The van der Waals surface area contributed by atoms with Crippen LogP contribution in [0.3, 0.4) is 0 Å². The second-order valence-corrected chi connectivity index (χ2v) is 5.91. The second kappa shape index (κ2) is 4.41. The maximum absolute atomic E-state index is 4.50. The Balaban J connectivity index is 1.79. The molecule has 1 aromatic rings. The Morgan fingerprint density at radius 3 is 3.06 bits per heavy atom. The van der Waals surface area contributed by atoms with Crippen molar-refractivity contribution in [2.24, 2.45) is 7.92 Å². The molecule has 0 aliphatic carbocycles. The van der Waals surface area contributed by atoms with Crippen LogP contribution in [0.25, 0.3) is 0 Å². The Kier molecular flexibility index (Phi) is 2.90. The fraction of sp³-hybridized carbons (Fsp3) is 0.500. The standard InChI is InChI=1S/C12H16N4Se/c1-8-6-9(7-16(8)2)13-10-4-3-5-11-12(10)15-17-14-11/h3-5,8-9,13H,6-7H2,1-2H3. The molecule has 2 aliphatic heterocycles. The summed E-state index contributed by atoms with van der Waals surface area (Å²) in [7, 11) is 2.19. The summed E-state index contributed by atoms with van der Waals surface area (Å²) in [4.78, 5) is 2.40. The third-order valence-corrected chi connectivity index (χ3v) is 4.67. The molecule has 0 bridgehead atoms. The summed E-state index contributed by atoms with van der Waals surface area (Å²) in [6, 6.07) is 7.41. The average Bonchev–Trinajstić information content (AvgIpc) is 2.87. The van der Waals surface area contributed by atoms with Gasteiger partial charge in [0.25, 0.3) is 0 Å². The Labute approximate surface area is 107 Å². The van der Waals surface area contributed by atoms with Gasteiger partial charge in [-0.3, -0.25) is 0 Å². The van der Waals surface area contributed by atoms with Crippen molar-refractivity contribution in [3.05, 3.63) is 18.2 Å². The van der Waals surface area contributed by atoms with E-state index in [4.69, 9.17) is 0 Å². The normalized spacial score (nSPS) is 26.9. The number of hydrogen-bond donors (Lipinski definition) is 1. The van der Waals surface area contributed by atoms with Crippen molar-refractivity contribution >= 4 is 31.6 Å². The number of hydrogen-bond acceptors (Lipinski definition) is 4. The van der Waals surface area contributed by atoms with Crippen LogP contribution in [0.15, 0.2) is 26.1 Å². The molecule has 1 N–H and O–H groups in total. The van der Waals surface area contributed by atoms with E-state index in [-0.39, 0.29) is 14.6 Å². The first kappa shape index (κ1) is 11.2. The topological polar surface area (TPSA) is 40.0 Å². The summed E-state index contributed by atoms with van der Waals surface area (Å²) < 4.78 is 8.91. The zero-order valence-electron chi connectivity index (χ0n) is 10.1. The monoisotopic (exact) mass is 296 g/mol. The van der Waals surface area contributed by atoms with Gasteiger partial charge in [0, 0.05) is 0 Å². The molecule has 1 aromatic carbocycles. The van der Waals surface area contributed by atoms with Crippen LogP contribution in [-0.4, -0.2) is 45.1 Å². The van der Waals surface area contributed by atoms with Crippen molar-refractivity contribution in [1.82, 2.24) is 4.90 Å². The zero-order valence-corrected chi connectivity index (χ0v) is 11.8. The Hall–Kier alpha value is -0.901. The molecule has 0 spiro atoms. The van der Waals surface area contributed by atoms with E-state index in [2.05, 4.69) is 44.2 Å². The molecule has 2 aliphatic rings. The number of nitrogens with zero attached hydrogens (tertiary/aromatic N) is 3. The Morgan fingerprint density at radius 2 is 2.29 bits per heavy atom. The molecule has 17 heavy (non-hydrogen) atoms. The summed E-state index contributed by atoms with van der Waals surface area (Å²) in [6.45, 7) is 3.38. The predicted octanol–water partition coefficient (Wildman–Crippen LogP) is 2.54. The number of benzene rings is 1. The molecule has 5 heteroatoms. The van der Waals surface area contributed by atoms with Crippen LogP contribution in [0.1, 0.15) is 13.3 Å². The van der Waals surface area contributed by atoms with Crippen LogP contribution in [-0.2, 0) is 0 Å². The van der Waals surface area contributed by atoms with Crippen LogP contribution >= 0.6 is 0 Å². The predicted molar refractivity (Wildman–Crippen MR) is 70.5 cm³/mol. The summed E-state index contributed by atoms with van der Waals surface area (Å²) in [6.07, 6.45) is 1.20. The molecular formula is C12H16N4Se. The number of anilines is 1. The van der Waals surface area contributed by atoms with Gasteiger partial charge in [-0.1, -0.05) is 0 Å². The molecule has 3 rings (SSSR count). The Morgan fingerprint density at radius 1 is 1.41 bits per heavy atom. The number of likely N-dealkylation sites (N-methyl/N-ethyl adjacent to an activating group) is 1. The zero-order chi connectivity index (χ0) is 11.8. The van der Waals surface area contributed by atoms with E-state index in [0.717, 1.165) is 23.6 Å².